The van der Waals surface area contributed by atoms with E-state index in [1.54, 1.807) is 25.3 Å². The van der Waals surface area contributed by atoms with Crippen LogP contribution in [0.15, 0.2) is 18.2 Å². The molecule has 0 fully saturated rings. The summed E-state index contributed by atoms with van der Waals surface area (Å²) < 4.78 is 10.5. The predicted molar refractivity (Wildman–Crippen MR) is 91.6 cm³/mol. The van der Waals surface area contributed by atoms with Crippen LogP contribution in [0, 0.1) is 0 Å². The zero-order valence-corrected chi connectivity index (χ0v) is 14.6. The number of hydrogen-bond donors (Lipinski definition) is 2. The first-order chi connectivity index (χ1) is 10.2. The highest BCUT2D eigenvalue weighted by molar-refractivity contribution is 6.31. The SMILES string of the molecule is CCCNCCNC(=O)c1cc(Cl)ccc1OCCOC.Cl. The fourth-order valence-electron chi connectivity index (χ4n) is 1.70. The molecule has 0 heterocycles. The smallest absolute Gasteiger partial charge is 0.255 e. The Labute approximate surface area is 143 Å². The summed E-state index contributed by atoms with van der Waals surface area (Å²) in [6, 6.07) is 5.00. The maximum atomic E-state index is 12.2. The molecule has 0 aliphatic heterocycles. The van der Waals surface area contributed by atoms with Gasteiger partial charge in [-0.3, -0.25) is 4.79 Å². The van der Waals surface area contributed by atoms with E-state index in [4.69, 9.17) is 21.1 Å². The number of carbonyl (C=O) groups is 1. The van der Waals surface area contributed by atoms with E-state index in [1.165, 1.54) is 0 Å². The van der Waals surface area contributed by atoms with Crippen LogP contribution in [0.3, 0.4) is 0 Å². The van der Waals surface area contributed by atoms with E-state index in [1.807, 2.05) is 0 Å². The Balaban J connectivity index is 0.00000441. The maximum absolute atomic E-state index is 12.2. The van der Waals surface area contributed by atoms with Gasteiger partial charge in [-0.1, -0.05) is 18.5 Å². The van der Waals surface area contributed by atoms with Gasteiger partial charge in [0.1, 0.15) is 12.4 Å². The van der Waals surface area contributed by atoms with E-state index < -0.39 is 0 Å². The van der Waals surface area contributed by atoms with Crippen molar-refractivity contribution in [3.8, 4) is 5.75 Å². The first-order valence-electron chi connectivity index (χ1n) is 7.09. The van der Waals surface area contributed by atoms with E-state index in [-0.39, 0.29) is 18.3 Å². The molecule has 0 aliphatic carbocycles. The van der Waals surface area contributed by atoms with Crippen molar-refractivity contribution in [3.05, 3.63) is 28.8 Å². The molecule has 1 amide bonds. The minimum atomic E-state index is -0.191. The molecule has 7 heteroatoms. The Morgan fingerprint density at radius 1 is 1.23 bits per heavy atom. The minimum Gasteiger partial charge on any atom is -0.490 e. The molecule has 0 radical (unpaired) electrons. The van der Waals surface area contributed by atoms with Gasteiger partial charge in [0, 0.05) is 25.2 Å². The summed E-state index contributed by atoms with van der Waals surface area (Å²) in [5.74, 6) is 0.318. The van der Waals surface area contributed by atoms with Crippen LogP contribution >= 0.6 is 24.0 Å². The summed E-state index contributed by atoms with van der Waals surface area (Å²) >= 11 is 5.95. The lowest BCUT2D eigenvalue weighted by atomic mass is 10.2. The second-order valence-electron chi connectivity index (χ2n) is 4.49. The molecular formula is C15H24Cl2N2O3. The summed E-state index contributed by atoms with van der Waals surface area (Å²) in [7, 11) is 1.60. The Hall–Kier alpha value is -1.01. The van der Waals surface area contributed by atoms with Gasteiger partial charge in [0.15, 0.2) is 0 Å². The average Bonchev–Trinajstić information content (AvgIpc) is 2.48. The minimum absolute atomic E-state index is 0. The van der Waals surface area contributed by atoms with E-state index in [2.05, 4.69) is 17.6 Å². The van der Waals surface area contributed by atoms with E-state index in [0.29, 0.717) is 36.1 Å². The molecule has 0 aromatic heterocycles. The summed E-state index contributed by atoms with van der Waals surface area (Å²) in [4.78, 5) is 12.2. The molecule has 0 unspecified atom stereocenters. The van der Waals surface area contributed by atoms with Crippen molar-refractivity contribution in [2.75, 3.05) is 40.0 Å². The zero-order valence-electron chi connectivity index (χ0n) is 13.0. The number of methoxy groups -OCH3 is 1. The van der Waals surface area contributed by atoms with Gasteiger partial charge in [0.25, 0.3) is 5.91 Å². The Morgan fingerprint density at radius 3 is 2.68 bits per heavy atom. The van der Waals surface area contributed by atoms with Gasteiger partial charge in [-0.05, 0) is 31.2 Å². The van der Waals surface area contributed by atoms with Gasteiger partial charge in [0.2, 0.25) is 0 Å². The van der Waals surface area contributed by atoms with Crippen LogP contribution in [0.25, 0.3) is 0 Å². The Kier molecular flexibility index (Phi) is 12.0. The number of carbonyl (C=O) groups excluding carboxylic acids is 1. The topological polar surface area (TPSA) is 59.6 Å². The fourth-order valence-corrected chi connectivity index (χ4v) is 1.87. The Morgan fingerprint density at radius 2 is 2.00 bits per heavy atom. The molecular weight excluding hydrogens is 327 g/mol. The zero-order chi connectivity index (χ0) is 15.5. The number of ether oxygens (including phenoxy) is 2. The lowest BCUT2D eigenvalue weighted by Gasteiger charge is -2.12. The highest BCUT2D eigenvalue weighted by atomic mass is 35.5. The van der Waals surface area contributed by atoms with Crippen molar-refractivity contribution < 1.29 is 14.3 Å². The normalized spacial score (nSPS) is 9.95. The lowest BCUT2D eigenvalue weighted by molar-refractivity contribution is 0.0946. The van der Waals surface area contributed by atoms with Crippen molar-refractivity contribution >= 4 is 29.9 Å². The van der Waals surface area contributed by atoms with Crippen molar-refractivity contribution in [2.45, 2.75) is 13.3 Å². The molecule has 0 spiro atoms. The maximum Gasteiger partial charge on any atom is 0.255 e. The highest BCUT2D eigenvalue weighted by Crippen LogP contribution is 2.22. The molecule has 1 aromatic carbocycles. The molecule has 2 N–H and O–H groups in total. The van der Waals surface area contributed by atoms with Gasteiger partial charge in [0.05, 0.1) is 12.2 Å². The first-order valence-corrected chi connectivity index (χ1v) is 7.47. The van der Waals surface area contributed by atoms with Crippen molar-refractivity contribution in [1.29, 1.82) is 0 Å². The van der Waals surface area contributed by atoms with Crippen LogP contribution in [0.1, 0.15) is 23.7 Å². The van der Waals surface area contributed by atoms with Crippen LogP contribution in [0.4, 0.5) is 0 Å². The number of benzene rings is 1. The highest BCUT2D eigenvalue weighted by Gasteiger charge is 2.13. The van der Waals surface area contributed by atoms with Crippen LogP contribution in [0.2, 0.25) is 5.02 Å². The van der Waals surface area contributed by atoms with E-state index in [9.17, 15) is 4.79 Å². The molecule has 0 saturated carbocycles. The molecule has 22 heavy (non-hydrogen) atoms. The molecule has 0 aliphatic rings. The van der Waals surface area contributed by atoms with Gasteiger partial charge in [-0.25, -0.2) is 0 Å². The summed E-state index contributed by atoms with van der Waals surface area (Å²) in [5, 5.41) is 6.57. The standard InChI is InChI=1S/C15H23ClN2O3.ClH/c1-3-6-17-7-8-18-15(19)13-11-12(16)4-5-14(13)21-10-9-20-2;/h4-5,11,17H,3,6-10H2,1-2H3,(H,18,19);1H. The van der Waals surface area contributed by atoms with Gasteiger partial charge in [-0.2, -0.15) is 0 Å². The van der Waals surface area contributed by atoms with Crippen molar-refractivity contribution in [3.63, 3.8) is 0 Å². The Bertz CT molecular complexity index is 445. The van der Waals surface area contributed by atoms with Crippen LogP contribution < -0.4 is 15.4 Å². The second kappa shape index (κ2) is 12.5. The number of halogens is 2. The summed E-state index contributed by atoms with van der Waals surface area (Å²) in [6.07, 6.45) is 1.07. The molecule has 126 valence electrons. The third-order valence-electron chi connectivity index (χ3n) is 2.75. The van der Waals surface area contributed by atoms with Gasteiger partial charge >= 0.3 is 0 Å². The average molecular weight is 351 g/mol. The van der Waals surface area contributed by atoms with E-state index >= 15 is 0 Å². The molecule has 0 saturated heterocycles. The lowest BCUT2D eigenvalue weighted by Crippen LogP contribution is -2.32. The third-order valence-corrected chi connectivity index (χ3v) is 2.98. The van der Waals surface area contributed by atoms with Crippen LogP contribution in [-0.2, 0) is 4.74 Å². The molecule has 1 rings (SSSR count). The monoisotopic (exact) mass is 350 g/mol. The van der Waals surface area contributed by atoms with Crippen LogP contribution in [0.5, 0.6) is 5.75 Å². The molecule has 5 nitrogen and oxygen atoms in total. The first kappa shape index (κ1) is 21.0. The number of rotatable bonds is 10. The quantitative estimate of drug-likeness (QED) is 0.636. The van der Waals surface area contributed by atoms with Crippen molar-refractivity contribution in [2.24, 2.45) is 0 Å². The predicted octanol–water partition coefficient (Wildman–Crippen LogP) is 2.52. The summed E-state index contributed by atoms with van der Waals surface area (Å²) in [6.45, 7) is 5.18. The van der Waals surface area contributed by atoms with E-state index in [0.717, 1.165) is 19.5 Å². The second-order valence-corrected chi connectivity index (χ2v) is 4.92. The summed E-state index contributed by atoms with van der Waals surface area (Å²) in [5.41, 5.74) is 0.439. The number of hydrogen-bond acceptors (Lipinski definition) is 4. The largest absolute Gasteiger partial charge is 0.490 e. The third kappa shape index (κ3) is 7.84. The van der Waals surface area contributed by atoms with Gasteiger partial charge in [-0.15, -0.1) is 12.4 Å². The van der Waals surface area contributed by atoms with Gasteiger partial charge < -0.3 is 20.1 Å². The number of nitrogens with one attached hydrogen (secondary N) is 2. The number of amides is 1. The molecule has 0 atom stereocenters. The molecule has 1 aromatic rings. The van der Waals surface area contributed by atoms with Crippen molar-refractivity contribution in [1.82, 2.24) is 10.6 Å². The van der Waals surface area contributed by atoms with Crippen LogP contribution in [-0.4, -0.2) is 45.9 Å². The fraction of sp³-hybridized carbons (Fsp3) is 0.533. The molecule has 0 bridgehead atoms.